The summed E-state index contributed by atoms with van der Waals surface area (Å²) < 4.78 is 29.5. The lowest BCUT2D eigenvalue weighted by atomic mass is 10.1. The zero-order valence-corrected chi connectivity index (χ0v) is 18.1. The molecule has 0 atom stereocenters. The van der Waals surface area contributed by atoms with Crippen molar-refractivity contribution in [1.29, 1.82) is 0 Å². The van der Waals surface area contributed by atoms with Crippen molar-refractivity contribution in [3.63, 3.8) is 0 Å². The third kappa shape index (κ3) is 4.50. The van der Waals surface area contributed by atoms with E-state index in [1.54, 1.807) is 4.90 Å². The van der Waals surface area contributed by atoms with Gasteiger partial charge in [-0.15, -0.1) is 0 Å². The van der Waals surface area contributed by atoms with Crippen LogP contribution in [0.3, 0.4) is 0 Å². The molecule has 0 saturated carbocycles. The molecule has 0 radical (unpaired) electrons. The van der Waals surface area contributed by atoms with Crippen LogP contribution in [-0.2, 0) is 13.1 Å². The van der Waals surface area contributed by atoms with Crippen molar-refractivity contribution >= 4 is 16.9 Å². The summed E-state index contributed by atoms with van der Waals surface area (Å²) in [6.45, 7) is 3.67. The molecule has 5 rings (SSSR count). The summed E-state index contributed by atoms with van der Waals surface area (Å²) in [6, 6.07) is 21.5. The number of imidazole rings is 1. The molecule has 7 heteroatoms. The van der Waals surface area contributed by atoms with Crippen LogP contribution in [0.2, 0.25) is 0 Å². The minimum absolute atomic E-state index is 0.0884. The molecular formula is C26H24F2N4O. The van der Waals surface area contributed by atoms with Crippen LogP contribution in [-0.4, -0.2) is 51.4 Å². The maximum Gasteiger partial charge on any atom is 0.256 e. The van der Waals surface area contributed by atoms with Gasteiger partial charge in [0.15, 0.2) is 0 Å². The predicted molar refractivity (Wildman–Crippen MR) is 123 cm³/mol. The summed E-state index contributed by atoms with van der Waals surface area (Å²) >= 11 is 0. The number of amides is 1. The van der Waals surface area contributed by atoms with Gasteiger partial charge in [-0.1, -0.05) is 42.5 Å². The molecule has 5 nitrogen and oxygen atoms in total. The summed E-state index contributed by atoms with van der Waals surface area (Å²) in [4.78, 5) is 21.5. The zero-order valence-electron chi connectivity index (χ0n) is 18.1. The molecule has 1 aliphatic heterocycles. The first-order valence-electron chi connectivity index (χ1n) is 11.0. The second-order valence-electron chi connectivity index (χ2n) is 8.28. The van der Waals surface area contributed by atoms with Gasteiger partial charge >= 0.3 is 0 Å². The van der Waals surface area contributed by atoms with E-state index < -0.39 is 17.5 Å². The van der Waals surface area contributed by atoms with Crippen LogP contribution in [0.25, 0.3) is 11.0 Å². The van der Waals surface area contributed by atoms with Crippen LogP contribution in [0.5, 0.6) is 0 Å². The fourth-order valence-corrected chi connectivity index (χ4v) is 4.33. The maximum absolute atomic E-state index is 14.0. The van der Waals surface area contributed by atoms with Crippen molar-refractivity contribution in [3.8, 4) is 0 Å². The number of carbonyl (C=O) groups is 1. The second kappa shape index (κ2) is 9.11. The maximum atomic E-state index is 14.0. The number of rotatable bonds is 5. The monoisotopic (exact) mass is 446 g/mol. The van der Waals surface area contributed by atoms with Gasteiger partial charge in [-0.05, 0) is 29.8 Å². The van der Waals surface area contributed by atoms with Gasteiger partial charge in [0.2, 0.25) is 0 Å². The highest BCUT2D eigenvalue weighted by Gasteiger charge is 2.25. The number of hydrogen-bond acceptors (Lipinski definition) is 3. The number of para-hydroxylation sites is 2. The van der Waals surface area contributed by atoms with Crippen molar-refractivity contribution in [1.82, 2.24) is 19.4 Å². The number of nitrogens with zero attached hydrogens (tertiary/aromatic N) is 4. The molecule has 1 saturated heterocycles. The van der Waals surface area contributed by atoms with Gasteiger partial charge in [0.05, 0.1) is 23.1 Å². The molecule has 2 heterocycles. The fourth-order valence-electron chi connectivity index (χ4n) is 4.33. The highest BCUT2D eigenvalue weighted by Crippen LogP contribution is 2.20. The second-order valence-corrected chi connectivity index (χ2v) is 8.28. The molecule has 0 unspecified atom stereocenters. The average Bonchev–Trinajstić information content (AvgIpc) is 3.17. The Bertz CT molecular complexity index is 1280. The van der Waals surface area contributed by atoms with E-state index in [9.17, 15) is 13.6 Å². The number of piperazine rings is 1. The van der Waals surface area contributed by atoms with Gasteiger partial charge in [-0.3, -0.25) is 9.69 Å². The molecule has 168 valence electrons. The molecule has 1 aromatic heterocycles. The molecule has 1 aliphatic rings. The van der Waals surface area contributed by atoms with E-state index >= 15 is 0 Å². The standard InChI is InChI=1S/C26H24F2N4O/c27-20-10-11-21(22(28)16-20)26(33)31-14-12-30(13-15-31)18-25-29-23-8-4-5-9-24(23)32(25)17-19-6-2-1-3-7-19/h1-11,16H,12-15,17-18H2. The van der Waals surface area contributed by atoms with Crippen molar-refractivity contribution in [2.24, 2.45) is 0 Å². The number of benzene rings is 3. The first kappa shape index (κ1) is 21.3. The Labute approximate surface area is 190 Å². The Morgan fingerprint density at radius 1 is 0.848 bits per heavy atom. The van der Waals surface area contributed by atoms with E-state index in [0.29, 0.717) is 32.7 Å². The lowest BCUT2D eigenvalue weighted by molar-refractivity contribution is 0.0619. The van der Waals surface area contributed by atoms with Gasteiger partial charge < -0.3 is 9.47 Å². The summed E-state index contributed by atoms with van der Waals surface area (Å²) in [5, 5.41) is 0. The Hall–Kier alpha value is -3.58. The van der Waals surface area contributed by atoms with E-state index in [-0.39, 0.29) is 5.56 Å². The molecule has 1 amide bonds. The Balaban J connectivity index is 1.30. The number of fused-ring (bicyclic) bond motifs is 1. The van der Waals surface area contributed by atoms with E-state index in [1.165, 1.54) is 11.6 Å². The minimum atomic E-state index is -0.822. The molecule has 0 N–H and O–H groups in total. The molecule has 3 aromatic carbocycles. The third-order valence-corrected chi connectivity index (χ3v) is 6.10. The largest absolute Gasteiger partial charge is 0.336 e. The number of hydrogen-bond donors (Lipinski definition) is 0. The van der Waals surface area contributed by atoms with Gasteiger partial charge in [-0.25, -0.2) is 13.8 Å². The normalized spacial score (nSPS) is 14.7. The van der Waals surface area contributed by atoms with Crippen molar-refractivity contribution in [2.75, 3.05) is 26.2 Å². The molecule has 4 aromatic rings. The van der Waals surface area contributed by atoms with Gasteiger partial charge in [0.1, 0.15) is 17.5 Å². The molecule has 0 bridgehead atoms. The number of carbonyl (C=O) groups excluding carboxylic acids is 1. The van der Waals surface area contributed by atoms with E-state index in [2.05, 4.69) is 27.7 Å². The Morgan fingerprint density at radius 3 is 2.33 bits per heavy atom. The fraction of sp³-hybridized carbons (Fsp3) is 0.231. The quantitative estimate of drug-likeness (QED) is 0.459. The lowest BCUT2D eigenvalue weighted by Gasteiger charge is -2.34. The number of halogens is 2. The van der Waals surface area contributed by atoms with Gasteiger partial charge in [0, 0.05) is 38.8 Å². The average molecular weight is 447 g/mol. The highest BCUT2D eigenvalue weighted by molar-refractivity contribution is 5.94. The van der Waals surface area contributed by atoms with Crippen LogP contribution in [0, 0.1) is 11.6 Å². The Kier molecular flexibility index (Phi) is 5.88. The summed E-state index contributed by atoms with van der Waals surface area (Å²) in [7, 11) is 0. The summed E-state index contributed by atoms with van der Waals surface area (Å²) in [6.07, 6.45) is 0. The minimum Gasteiger partial charge on any atom is -0.336 e. The van der Waals surface area contributed by atoms with Crippen molar-refractivity contribution in [2.45, 2.75) is 13.1 Å². The predicted octanol–water partition coefficient (Wildman–Crippen LogP) is 4.32. The molecule has 0 aliphatic carbocycles. The topological polar surface area (TPSA) is 41.4 Å². The molecule has 0 spiro atoms. The van der Waals surface area contributed by atoms with Crippen molar-refractivity contribution < 1.29 is 13.6 Å². The van der Waals surface area contributed by atoms with Crippen LogP contribution < -0.4 is 0 Å². The van der Waals surface area contributed by atoms with Crippen LogP contribution in [0.4, 0.5) is 8.78 Å². The van der Waals surface area contributed by atoms with E-state index in [0.717, 1.165) is 35.5 Å². The van der Waals surface area contributed by atoms with Crippen LogP contribution in [0.1, 0.15) is 21.7 Å². The summed E-state index contributed by atoms with van der Waals surface area (Å²) in [5.74, 6) is -0.933. The van der Waals surface area contributed by atoms with Gasteiger partial charge in [-0.2, -0.15) is 0 Å². The molecule has 33 heavy (non-hydrogen) atoms. The third-order valence-electron chi connectivity index (χ3n) is 6.10. The summed E-state index contributed by atoms with van der Waals surface area (Å²) in [5.41, 5.74) is 3.18. The van der Waals surface area contributed by atoms with E-state index in [1.807, 2.05) is 36.4 Å². The van der Waals surface area contributed by atoms with Crippen LogP contribution >= 0.6 is 0 Å². The highest BCUT2D eigenvalue weighted by atomic mass is 19.1. The molecule has 1 fully saturated rings. The molecular weight excluding hydrogens is 422 g/mol. The van der Waals surface area contributed by atoms with E-state index in [4.69, 9.17) is 4.98 Å². The zero-order chi connectivity index (χ0) is 22.8. The lowest BCUT2D eigenvalue weighted by Crippen LogP contribution is -2.48. The van der Waals surface area contributed by atoms with Crippen LogP contribution in [0.15, 0.2) is 72.8 Å². The van der Waals surface area contributed by atoms with Crippen molar-refractivity contribution in [3.05, 3.63) is 101 Å². The Morgan fingerprint density at radius 2 is 1.58 bits per heavy atom. The SMILES string of the molecule is O=C(c1ccc(F)cc1F)N1CCN(Cc2nc3ccccc3n2Cc2ccccc2)CC1. The smallest absolute Gasteiger partial charge is 0.256 e. The first-order chi connectivity index (χ1) is 16.1. The number of aromatic nitrogens is 2. The first-order valence-corrected chi connectivity index (χ1v) is 11.0. The van der Waals surface area contributed by atoms with Gasteiger partial charge in [0.25, 0.3) is 5.91 Å².